The third-order valence-electron chi connectivity index (χ3n) is 4.71. The Morgan fingerprint density at radius 3 is 3.10 bits per heavy atom. The highest BCUT2D eigenvalue weighted by Gasteiger charge is 2.59. The molecule has 0 bridgehead atoms. The van der Waals surface area contributed by atoms with E-state index >= 15 is 0 Å². The zero-order valence-corrected chi connectivity index (χ0v) is 12.3. The number of hydrogen-bond donors (Lipinski definition) is 3. The Labute approximate surface area is 123 Å². The topological polar surface area (TPSA) is 83.7 Å². The lowest BCUT2D eigenvalue weighted by atomic mass is 9.57. The van der Waals surface area contributed by atoms with Gasteiger partial charge in [0.1, 0.15) is 11.9 Å². The summed E-state index contributed by atoms with van der Waals surface area (Å²) in [6, 6.07) is 3.24. The monoisotopic (exact) mass is 294 g/mol. The van der Waals surface area contributed by atoms with Gasteiger partial charge in [0.15, 0.2) is 0 Å². The first-order valence-electron chi connectivity index (χ1n) is 7.37. The number of rotatable bonds is 4. The largest absolute Gasteiger partial charge is 0.467 e. The summed E-state index contributed by atoms with van der Waals surface area (Å²) in [7, 11) is 0. The smallest absolute Gasteiger partial charge is 0.315 e. The van der Waals surface area contributed by atoms with E-state index in [2.05, 4.69) is 24.5 Å². The lowest BCUT2D eigenvalue weighted by Gasteiger charge is -2.54. The second kappa shape index (κ2) is 5.35. The molecule has 4 atom stereocenters. The van der Waals surface area contributed by atoms with Crippen LogP contribution >= 0.6 is 0 Å². The number of amides is 2. The average molecular weight is 294 g/mol. The fraction of sp³-hybridized carbons (Fsp3) is 0.667. The zero-order valence-electron chi connectivity index (χ0n) is 12.3. The molecule has 2 aliphatic rings. The van der Waals surface area contributed by atoms with E-state index in [1.807, 2.05) is 0 Å². The Bertz CT molecular complexity index is 500. The molecule has 21 heavy (non-hydrogen) atoms. The summed E-state index contributed by atoms with van der Waals surface area (Å²) in [6.45, 7) is 5.12. The van der Waals surface area contributed by atoms with Gasteiger partial charge >= 0.3 is 6.03 Å². The van der Waals surface area contributed by atoms with Gasteiger partial charge in [0.05, 0.1) is 18.9 Å². The van der Waals surface area contributed by atoms with Crippen LogP contribution in [0.1, 0.15) is 32.1 Å². The first-order chi connectivity index (χ1) is 10.00. The molecule has 0 spiro atoms. The number of nitrogens with one attached hydrogen (secondary N) is 2. The quantitative estimate of drug-likeness (QED) is 0.784. The molecule has 1 aromatic heterocycles. The van der Waals surface area contributed by atoms with Crippen molar-refractivity contribution in [2.45, 2.75) is 38.5 Å². The standard InChI is InChI=1S/C15H22N2O4/c1-15(2)12(9-5-7-21-13(9)15)17-14(19)16-8-10(18)11-4-3-6-20-11/h3-4,6,9-10,12-13,18H,5,7-8H2,1-2H3,(H2,16,17,19). The van der Waals surface area contributed by atoms with Crippen LogP contribution in [-0.4, -0.2) is 36.4 Å². The summed E-state index contributed by atoms with van der Waals surface area (Å²) < 4.78 is 10.8. The second-order valence-electron chi connectivity index (χ2n) is 6.43. The van der Waals surface area contributed by atoms with Crippen molar-refractivity contribution in [3.8, 4) is 0 Å². The third-order valence-corrected chi connectivity index (χ3v) is 4.71. The molecular weight excluding hydrogens is 272 g/mol. The molecule has 3 N–H and O–H groups in total. The van der Waals surface area contributed by atoms with E-state index in [4.69, 9.17) is 9.15 Å². The third kappa shape index (κ3) is 2.53. The maximum Gasteiger partial charge on any atom is 0.315 e. The van der Waals surface area contributed by atoms with E-state index in [0.717, 1.165) is 13.0 Å². The normalized spacial score (nSPS) is 31.1. The van der Waals surface area contributed by atoms with Gasteiger partial charge in [-0.15, -0.1) is 0 Å². The van der Waals surface area contributed by atoms with Crippen LogP contribution in [0.3, 0.4) is 0 Å². The highest BCUT2D eigenvalue weighted by molar-refractivity contribution is 5.74. The van der Waals surface area contributed by atoms with E-state index in [1.165, 1.54) is 6.26 Å². The van der Waals surface area contributed by atoms with E-state index in [1.54, 1.807) is 12.1 Å². The Morgan fingerprint density at radius 2 is 2.38 bits per heavy atom. The predicted octanol–water partition coefficient (Wildman–Crippen LogP) is 1.43. The maximum absolute atomic E-state index is 12.0. The zero-order chi connectivity index (χ0) is 15.0. The van der Waals surface area contributed by atoms with Crippen molar-refractivity contribution in [3.63, 3.8) is 0 Å². The molecule has 1 aliphatic heterocycles. The van der Waals surface area contributed by atoms with E-state index in [0.29, 0.717) is 11.7 Å². The molecule has 6 nitrogen and oxygen atoms in total. The van der Waals surface area contributed by atoms with Crippen LogP contribution in [-0.2, 0) is 4.74 Å². The van der Waals surface area contributed by atoms with Crippen LogP contribution in [0, 0.1) is 11.3 Å². The minimum atomic E-state index is -0.831. The van der Waals surface area contributed by atoms with Gasteiger partial charge in [-0.3, -0.25) is 0 Å². The number of aliphatic hydroxyl groups is 1. The number of hydrogen-bond acceptors (Lipinski definition) is 4. The maximum atomic E-state index is 12.0. The van der Waals surface area contributed by atoms with Gasteiger partial charge in [-0.2, -0.15) is 0 Å². The fourth-order valence-corrected chi connectivity index (χ4v) is 3.58. The van der Waals surface area contributed by atoms with Crippen LogP contribution in [0.25, 0.3) is 0 Å². The molecule has 0 radical (unpaired) electrons. The summed E-state index contributed by atoms with van der Waals surface area (Å²) in [5.41, 5.74) is -0.0435. The van der Waals surface area contributed by atoms with Crippen molar-refractivity contribution in [2.24, 2.45) is 11.3 Å². The number of aliphatic hydroxyl groups excluding tert-OH is 1. The molecule has 2 amide bonds. The Kier molecular flexibility index (Phi) is 3.67. The first-order valence-corrected chi connectivity index (χ1v) is 7.37. The summed E-state index contributed by atoms with van der Waals surface area (Å²) in [6.07, 6.45) is 1.91. The van der Waals surface area contributed by atoms with Crippen molar-refractivity contribution in [1.82, 2.24) is 10.6 Å². The molecule has 1 aromatic rings. The van der Waals surface area contributed by atoms with Gasteiger partial charge in [-0.1, -0.05) is 13.8 Å². The lowest BCUT2D eigenvalue weighted by Crippen LogP contribution is -2.67. The molecule has 2 heterocycles. The molecule has 0 aromatic carbocycles. The molecule has 2 fully saturated rings. The molecule has 1 saturated heterocycles. The number of carbonyl (C=O) groups is 1. The Balaban J connectivity index is 1.48. The number of fused-ring (bicyclic) bond motifs is 1. The van der Waals surface area contributed by atoms with Gasteiger partial charge in [0.25, 0.3) is 0 Å². The van der Waals surface area contributed by atoms with Crippen molar-refractivity contribution < 1.29 is 19.1 Å². The van der Waals surface area contributed by atoms with Gasteiger partial charge in [-0.25, -0.2) is 4.79 Å². The van der Waals surface area contributed by atoms with Crippen LogP contribution < -0.4 is 10.6 Å². The number of carbonyl (C=O) groups excluding carboxylic acids is 1. The van der Waals surface area contributed by atoms with Gasteiger partial charge in [0, 0.05) is 24.0 Å². The van der Waals surface area contributed by atoms with Crippen molar-refractivity contribution in [3.05, 3.63) is 24.2 Å². The molecule has 4 unspecified atom stereocenters. The highest BCUT2D eigenvalue weighted by atomic mass is 16.5. The number of furan rings is 1. The molecule has 1 saturated carbocycles. The minimum Gasteiger partial charge on any atom is -0.467 e. The van der Waals surface area contributed by atoms with Crippen LogP contribution in [0.4, 0.5) is 4.79 Å². The number of ether oxygens (including phenoxy) is 1. The van der Waals surface area contributed by atoms with E-state index < -0.39 is 6.10 Å². The lowest BCUT2D eigenvalue weighted by molar-refractivity contribution is -0.108. The Hall–Kier alpha value is -1.53. The van der Waals surface area contributed by atoms with Gasteiger partial charge in [0.2, 0.25) is 0 Å². The number of urea groups is 1. The van der Waals surface area contributed by atoms with Crippen LogP contribution in [0.15, 0.2) is 22.8 Å². The summed E-state index contributed by atoms with van der Waals surface area (Å²) in [4.78, 5) is 12.0. The predicted molar refractivity (Wildman–Crippen MR) is 75.6 cm³/mol. The molecule has 3 rings (SSSR count). The van der Waals surface area contributed by atoms with Crippen molar-refractivity contribution in [1.29, 1.82) is 0 Å². The van der Waals surface area contributed by atoms with E-state index in [-0.39, 0.29) is 30.1 Å². The SMILES string of the molecule is CC1(C)C(NC(=O)NCC(O)c2ccco2)C2CCOC21. The molecule has 6 heteroatoms. The summed E-state index contributed by atoms with van der Waals surface area (Å²) >= 11 is 0. The van der Waals surface area contributed by atoms with E-state index in [9.17, 15) is 9.90 Å². The van der Waals surface area contributed by atoms with Crippen molar-refractivity contribution in [2.75, 3.05) is 13.2 Å². The summed E-state index contributed by atoms with van der Waals surface area (Å²) in [5, 5.41) is 15.6. The average Bonchev–Trinajstić information content (AvgIpc) is 3.11. The minimum absolute atomic E-state index is 0.0435. The second-order valence-corrected chi connectivity index (χ2v) is 6.43. The van der Waals surface area contributed by atoms with Crippen molar-refractivity contribution >= 4 is 6.03 Å². The van der Waals surface area contributed by atoms with Gasteiger partial charge < -0.3 is 24.9 Å². The molecule has 1 aliphatic carbocycles. The highest BCUT2D eigenvalue weighted by Crippen LogP contribution is 2.51. The Morgan fingerprint density at radius 1 is 1.57 bits per heavy atom. The summed E-state index contributed by atoms with van der Waals surface area (Å²) in [5.74, 6) is 0.851. The van der Waals surface area contributed by atoms with Crippen LogP contribution in [0.2, 0.25) is 0 Å². The molecule has 116 valence electrons. The fourth-order valence-electron chi connectivity index (χ4n) is 3.58. The van der Waals surface area contributed by atoms with Gasteiger partial charge in [-0.05, 0) is 18.6 Å². The van der Waals surface area contributed by atoms with Crippen LogP contribution in [0.5, 0.6) is 0 Å². The molecular formula is C15H22N2O4. The first kappa shape index (κ1) is 14.4.